The van der Waals surface area contributed by atoms with Crippen LogP contribution in [0.1, 0.15) is 48.4 Å². The molecule has 2 aromatic carbocycles. The molecule has 180 valence electrons. The fourth-order valence-electron chi connectivity index (χ4n) is 5.56. The van der Waals surface area contributed by atoms with E-state index in [1.165, 1.54) is 39.3 Å². The molecule has 1 aliphatic carbocycles. The summed E-state index contributed by atoms with van der Waals surface area (Å²) in [6, 6.07) is 22.5. The maximum atomic E-state index is 5.99. The van der Waals surface area contributed by atoms with Crippen molar-refractivity contribution in [3.8, 4) is 0 Å². The smallest absolute Gasteiger partial charge is 0.137 e. The predicted octanol–water partition coefficient (Wildman–Crippen LogP) is 7.50. The highest BCUT2D eigenvalue weighted by Crippen LogP contribution is 2.56. The average molecular weight is 501 g/mol. The van der Waals surface area contributed by atoms with Crippen molar-refractivity contribution in [2.45, 2.75) is 59.5 Å². The van der Waals surface area contributed by atoms with E-state index in [-0.39, 0.29) is 0 Å². The minimum atomic E-state index is -0.780. The van der Waals surface area contributed by atoms with Gasteiger partial charge < -0.3 is 8.83 Å². The number of furan rings is 2. The number of hydrogen-bond acceptors (Lipinski definition) is 2. The highest BCUT2D eigenvalue weighted by molar-refractivity contribution is 7.76. The van der Waals surface area contributed by atoms with Crippen LogP contribution in [-0.4, -0.2) is 5.66 Å². The molecule has 0 spiro atoms. The Morgan fingerprint density at radius 2 is 1.17 bits per heavy atom. The van der Waals surface area contributed by atoms with Crippen LogP contribution in [0.2, 0.25) is 0 Å². The molecule has 1 aliphatic rings. The highest BCUT2D eigenvalue weighted by atomic mass is 31.1. The van der Waals surface area contributed by atoms with Crippen LogP contribution in [-0.2, 0) is 0 Å². The van der Waals surface area contributed by atoms with Gasteiger partial charge in [0, 0.05) is 5.66 Å². The van der Waals surface area contributed by atoms with E-state index < -0.39 is 15.8 Å². The van der Waals surface area contributed by atoms with Crippen molar-refractivity contribution in [3.05, 3.63) is 106 Å². The second kappa shape index (κ2) is 10.3. The summed E-state index contributed by atoms with van der Waals surface area (Å²) in [4.78, 5) is 0. The lowest BCUT2D eigenvalue weighted by Crippen LogP contribution is -2.23. The van der Waals surface area contributed by atoms with Crippen molar-refractivity contribution in [1.29, 1.82) is 0 Å². The third-order valence-corrected chi connectivity index (χ3v) is 12.0. The summed E-state index contributed by atoms with van der Waals surface area (Å²) < 4.78 is 12.0. The van der Waals surface area contributed by atoms with Gasteiger partial charge in [-0.1, -0.05) is 71.1 Å². The number of allylic oxidation sites excluding steroid dienone is 2. The van der Waals surface area contributed by atoms with Gasteiger partial charge in [0.25, 0.3) is 0 Å². The van der Waals surface area contributed by atoms with Gasteiger partial charge in [0.1, 0.15) is 11.0 Å². The quantitative estimate of drug-likeness (QED) is 0.246. The molecule has 4 aromatic rings. The molecule has 0 saturated carbocycles. The van der Waals surface area contributed by atoms with Crippen molar-refractivity contribution < 1.29 is 8.83 Å². The van der Waals surface area contributed by atoms with Crippen LogP contribution in [0.4, 0.5) is 0 Å². The number of hydrogen-bond donors (Lipinski definition) is 0. The van der Waals surface area contributed by atoms with Crippen LogP contribution in [0.3, 0.4) is 0 Å². The van der Waals surface area contributed by atoms with Crippen molar-refractivity contribution >= 4 is 37.5 Å². The summed E-state index contributed by atoms with van der Waals surface area (Å²) >= 11 is 0. The van der Waals surface area contributed by atoms with Gasteiger partial charge in [-0.15, -0.1) is 0 Å². The Morgan fingerprint density at radius 1 is 0.686 bits per heavy atom. The lowest BCUT2D eigenvalue weighted by Gasteiger charge is -2.30. The van der Waals surface area contributed by atoms with Crippen molar-refractivity contribution in [1.82, 2.24) is 0 Å². The number of rotatable bonds is 7. The van der Waals surface area contributed by atoms with Gasteiger partial charge in [0.2, 0.25) is 0 Å². The second-order valence-electron chi connectivity index (χ2n) is 9.80. The minimum Gasteiger partial charge on any atom is -0.464 e. The highest BCUT2D eigenvalue weighted by Gasteiger charge is 2.34. The van der Waals surface area contributed by atoms with Crippen LogP contribution in [0, 0.1) is 27.7 Å². The normalized spacial score (nSPS) is 14.9. The average Bonchev–Trinajstić information content (AvgIpc) is 3.57. The maximum Gasteiger partial charge on any atom is 0.137 e. The van der Waals surface area contributed by atoms with Gasteiger partial charge in [-0.3, -0.25) is 0 Å². The Balaban J connectivity index is 1.67. The van der Waals surface area contributed by atoms with Crippen LogP contribution in [0.25, 0.3) is 0 Å². The summed E-state index contributed by atoms with van der Waals surface area (Å²) in [6.45, 7) is 11.4. The van der Waals surface area contributed by atoms with E-state index >= 15 is 0 Å². The summed E-state index contributed by atoms with van der Waals surface area (Å²) in [5, 5.41) is 4.52. The maximum absolute atomic E-state index is 5.99. The van der Waals surface area contributed by atoms with Crippen LogP contribution in [0.15, 0.2) is 92.9 Å². The molecule has 1 atom stereocenters. The fraction of sp³-hybridized carbons (Fsp3) is 0.290. The molecule has 0 aliphatic heterocycles. The molecule has 4 heteroatoms. The summed E-state index contributed by atoms with van der Waals surface area (Å²) in [6.07, 6.45) is 7.08. The van der Waals surface area contributed by atoms with E-state index in [9.17, 15) is 0 Å². The lowest BCUT2D eigenvalue weighted by molar-refractivity contribution is 0.593. The third-order valence-electron chi connectivity index (χ3n) is 6.81. The van der Waals surface area contributed by atoms with Crippen LogP contribution >= 0.6 is 15.8 Å². The van der Waals surface area contributed by atoms with Gasteiger partial charge in [0.05, 0.1) is 20.4 Å². The molecule has 0 saturated heterocycles. The molecule has 0 bridgehead atoms. The fourth-order valence-corrected chi connectivity index (χ4v) is 11.3. The molecule has 5 rings (SSSR count). The number of benzene rings is 2. The minimum absolute atomic E-state index is 0.444. The first-order valence-corrected chi connectivity index (χ1v) is 15.2. The number of aryl methyl sites for hydroxylation is 4. The largest absolute Gasteiger partial charge is 0.464 e. The van der Waals surface area contributed by atoms with Gasteiger partial charge in [-0.25, -0.2) is 0 Å². The van der Waals surface area contributed by atoms with Gasteiger partial charge >= 0.3 is 0 Å². The Hall–Kier alpha value is -2.40. The van der Waals surface area contributed by atoms with Crippen molar-refractivity contribution in [2.24, 2.45) is 0 Å². The molecule has 0 amide bonds. The zero-order valence-electron chi connectivity index (χ0n) is 21.3. The second-order valence-corrected chi connectivity index (χ2v) is 14.4. The summed E-state index contributed by atoms with van der Waals surface area (Å²) in [5.74, 6) is 0. The summed E-state index contributed by atoms with van der Waals surface area (Å²) in [7, 11) is -1.34. The standard InChI is InChI=1S/C31H34O2P2/c1-21-15-22(2)18-26(17-21)34(27-19-23(3)16-24(4)20-27)25(5)28-9-6-10-29(28)35(30-11-7-13-32-30)31-12-8-14-33-31/h7-8,11-20,25H,6,9-10H2,1-5H3/t25-/m1/s1. The molecule has 0 unspecified atom stereocenters. The Bertz CT molecular complexity index is 1210. The van der Waals surface area contributed by atoms with Crippen LogP contribution in [0.5, 0.6) is 0 Å². The van der Waals surface area contributed by atoms with Crippen molar-refractivity contribution in [2.75, 3.05) is 0 Å². The third kappa shape index (κ3) is 5.11. The van der Waals surface area contributed by atoms with E-state index in [2.05, 4.69) is 83.1 Å². The Kier molecular flexibility index (Phi) is 7.15. The topological polar surface area (TPSA) is 26.3 Å². The molecule has 2 nitrogen and oxygen atoms in total. The lowest BCUT2D eigenvalue weighted by atomic mass is 10.1. The SMILES string of the molecule is Cc1cc(C)cc(P(c2cc(C)cc(C)c2)[C@H](C)C2=C(P(c3ccco3)c3ccco3)CCC2)c1. The molecule has 0 fully saturated rings. The summed E-state index contributed by atoms with van der Waals surface area (Å²) in [5.41, 5.74) is 9.53. The Morgan fingerprint density at radius 3 is 1.60 bits per heavy atom. The zero-order chi connectivity index (χ0) is 24.5. The molecule has 2 heterocycles. The first-order valence-electron chi connectivity index (χ1n) is 12.5. The molecular formula is C31H34O2P2. The van der Waals surface area contributed by atoms with E-state index in [1.54, 1.807) is 23.4 Å². The van der Waals surface area contributed by atoms with E-state index in [4.69, 9.17) is 8.83 Å². The van der Waals surface area contributed by atoms with Gasteiger partial charge in [0.15, 0.2) is 0 Å². The zero-order valence-corrected chi connectivity index (χ0v) is 23.1. The molecule has 0 N–H and O–H groups in total. The molecule has 0 radical (unpaired) electrons. The molecule has 2 aromatic heterocycles. The molecular weight excluding hydrogens is 466 g/mol. The van der Waals surface area contributed by atoms with Crippen molar-refractivity contribution in [3.63, 3.8) is 0 Å². The van der Waals surface area contributed by atoms with E-state index in [0.29, 0.717) is 5.66 Å². The first-order chi connectivity index (χ1) is 16.9. The monoisotopic (exact) mass is 500 g/mol. The first kappa shape index (κ1) is 24.3. The molecule has 35 heavy (non-hydrogen) atoms. The van der Waals surface area contributed by atoms with E-state index in [1.807, 2.05) is 12.1 Å². The predicted molar refractivity (Wildman–Crippen MR) is 152 cm³/mol. The van der Waals surface area contributed by atoms with Gasteiger partial charge in [-0.05, 0) is 95.1 Å². The van der Waals surface area contributed by atoms with E-state index in [0.717, 1.165) is 23.8 Å². The van der Waals surface area contributed by atoms with Gasteiger partial charge in [-0.2, -0.15) is 0 Å². The Labute approximate surface area is 212 Å². The van der Waals surface area contributed by atoms with Crippen LogP contribution < -0.4 is 21.6 Å².